The fourth-order valence-electron chi connectivity index (χ4n) is 10.2. The summed E-state index contributed by atoms with van der Waals surface area (Å²) in [7, 11) is 0. The minimum atomic E-state index is -0.0594. The van der Waals surface area contributed by atoms with Crippen molar-refractivity contribution in [2.75, 3.05) is 9.71 Å². The van der Waals surface area contributed by atoms with Crippen molar-refractivity contribution in [1.29, 1.82) is 0 Å². The topological polar surface area (TPSA) is 19.6 Å². The highest BCUT2D eigenvalue weighted by molar-refractivity contribution is 7.03. The van der Waals surface area contributed by atoms with Gasteiger partial charge in [-0.1, -0.05) is 128 Å². The molecule has 0 radical (unpaired) electrons. The second-order valence-corrected chi connectivity index (χ2v) is 17.7. The van der Waals surface area contributed by atoms with E-state index >= 15 is 0 Å². The van der Waals surface area contributed by atoms with Crippen LogP contribution in [0.2, 0.25) is 0 Å². The van der Waals surface area contributed by atoms with Crippen molar-refractivity contribution < 1.29 is 4.42 Å². The standard InChI is InChI=1S/C50H46B2N2O/c1-27(2)31-13-17-35(18-14-31)53-44-22-21-38-36-19-15-32(28(3)4)24-41(36)52-42-25-33(29(5)6)16-20-37(42)40-23-34(30(7)8)26-43-47(40)54(52)48(38)46(44)51(43)50-49(53)39-11-9-10-12-45(39)55-50/h9-30H,1-8H3. The van der Waals surface area contributed by atoms with Crippen LogP contribution in [-0.2, 0) is 0 Å². The van der Waals surface area contributed by atoms with E-state index in [4.69, 9.17) is 4.42 Å². The summed E-state index contributed by atoms with van der Waals surface area (Å²) < 4.78 is 7.19. The van der Waals surface area contributed by atoms with Crippen LogP contribution in [-0.4, -0.2) is 13.6 Å². The third-order valence-electron chi connectivity index (χ3n) is 13.2. The van der Waals surface area contributed by atoms with E-state index in [1.807, 2.05) is 0 Å². The summed E-state index contributed by atoms with van der Waals surface area (Å²) >= 11 is 0. The summed E-state index contributed by atoms with van der Waals surface area (Å²) in [5.74, 6) is 1.70. The lowest BCUT2D eigenvalue weighted by atomic mass is 9.32. The van der Waals surface area contributed by atoms with E-state index in [0.717, 1.165) is 28.0 Å². The van der Waals surface area contributed by atoms with E-state index in [9.17, 15) is 0 Å². The summed E-state index contributed by atoms with van der Waals surface area (Å²) in [5.41, 5.74) is 24.6. The summed E-state index contributed by atoms with van der Waals surface area (Å²) in [4.78, 5) is 5.28. The van der Waals surface area contributed by atoms with Crippen molar-refractivity contribution in [2.45, 2.75) is 79.1 Å². The zero-order valence-electron chi connectivity index (χ0n) is 33.2. The zero-order valence-corrected chi connectivity index (χ0v) is 33.2. The van der Waals surface area contributed by atoms with Crippen molar-refractivity contribution in [3.8, 4) is 22.3 Å². The monoisotopic (exact) mass is 712 g/mol. The molecular formula is C50H46B2N2O. The number of benzene rings is 6. The van der Waals surface area contributed by atoms with Gasteiger partial charge in [0, 0.05) is 39.3 Å². The van der Waals surface area contributed by atoms with Gasteiger partial charge in [-0.15, -0.1) is 0 Å². The van der Waals surface area contributed by atoms with Gasteiger partial charge in [-0.2, -0.15) is 0 Å². The van der Waals surface area contributed by atoms with Gasteiger partial charge in [0.15, 0.2) is 0 Å². The van der Waals surface area contributed by atoms with Gasteiger partial charge in [0.25, 0.3) is 6.71 Å². The Morgan fingerprint density at radius 2 is 1.07 bits per heavy atom. The SMILES string of the molecule is CC(C)c1ccc(N2c3ccc4c5c3B(c3cc(C(C)C)cc6c3N5B(c3cc(C(C)C)ccc3-6)c3cc(C(C)C)ccc3-4)c3oc4ccccc4c32)cc1. The third-order valence-corrected chi connectivity index (χ3v) is 13.2. The number of anilines is 5. The Morgan fingerprint density at radius 3 is 1.73 bits per heavy atom. The van der Waals surface area contributed by atoms with Crippen molar-refractivity contribution in [3.63, 3.8) is 0 Å². The summed E-state index contributed by atoms with van der Waals surface area (Å²) in [5, 5.41) is 1.15. The van der Waals surface area contributed by atoms with Gasteiger partial charge < -0.3 is 14.1 Å². The van der Waals surface area contributed by atoms with Crippen LogP contribution in [0.5, 0.6) is 0 Å². The van der Waals surface area contributed by atoms with Crippen LogP contribution in [0.15, 0.2) is 114 Å². The maximum absolute atomic E-state index is 7.19. The van der Waals surface area contributed by atoms with E-state index in [1.54, 1.807) is 0 Å². The lowest BCUT2D eigenvalue weighted by Gasteiger charge is -2.51. The van der Waals surface area contributed by atoms with Crippen LogP contribution in [0.4, 0.5) is 28.4 Å². The number of hydrogen-bond donors (Lipinski definition) is 0. The molecule has 0 saturated carbocycles. The molecule has 5 heterocycles. The number of para-hydroxylation sites is 1. The van der Waals surface area contributed by atoms with E-state index in [-0.39, 0.29) is 13.6 Å². The molecule has 0 bridgehead atoms. The largest absolute Gasteiger partial charge is 0.468 e. The highest BCUT2D eigenvalue weighted by Gasteiger charge is 2.53. The highest BCUT2D eigenvalue weighted by Crippen LogP contribution is 2.52. The van der Waals surface area contributed by atoms with Crippen molar-refractivity contribution in [2.24, 2.45) is 0 Å². The molecule has 11 rings (SSSR count). The molecule has 0 fully saturated rings. The van der Waals surface area contributed by atoms with Gasteiger partial charge >= 0.3 is 6.85 Å². The molecule has 0 N–H and O–H groups in total. The highest BCUT2D eigenvalue weighted by atomic mass is 16.3. The molecule has 0 aliphatic carbocycles. The van der Waals surface area contributed by atoms with E-state index in [0.29, 0.717) is 23.7 Å². The molecule has 4 aliphatic heterocycles. The van der Waals surface area contributed by atoms with E-state index < -0.39 is 0 Å². The Hall–Kier alpha value is -5.41. The maximum atomic E-state index is 7.19. The first-order valence-corrected chi connectivity index (χ1v) is 20.4. The van der Waals surface area contributed by atoms with Crippen LogP contribution in [0.3, 0.4) is 0 Å². The van der Waals surface area contributed by atoms with Crippen LogP contribution < -0.4 is 37.2 Å². The molecule has 4 aliphatic rings. The summed E-state index contributed by atoms with van der Waals surface area (Å²) in [6, 6.07) is 42.4. The van der Waals surface area contributed by atoms with E-state index in [1.165, 1.54) is 83.4 Å². The molecule has 6 aromatic carbocycles. The molecular weight excluding hydrogens is 666 g/mol. The van der Waals surface area contributed by atoms with Crippen LogP contribution in [0.25, 0.3) is 33.2 Å². The van der Waals surface area contributed by atoms with Crippen LogP contribution >= 0.6 is 0 Å². The number of furan rings is 1. The first kappa shape index (κ1) is 33.0. The zero-order chi connectivity index (χ0) is 37.6. The second kappa shape index (κ2) is 11.6. The van der Waals surface area contributed by atoms with Crippen LogP contribution in [0, 0.1) is 0 Å². The van der Waals surface area contributed by atoms with Gasteiger partial charge in [-0.25, -0.2) is 0 Å². The summed E-state index contributed by atoms with van der Waals surface area (Å²) in [6.45, 7) is 18.5. The van der Waals surface area contributed by atoms with Gasteiger partial charge in [-0.3, -0.25) is 0 Å². The molecule has 3 nitrogen and oxygen atoms in total. The Labute approximate surface area is 326 Å². The second-order valence-electron chi connectivity index (χ2n) is 17.7. The molecule has 55 heavy (non-hydrogen) atoms. The minimum absolute atomic E-state index is 0.0503. The van der Waals surface area contributed by atoms with Gasteiger partial charge in [0.05, 0.1) is 11.3 Å². The van der Waals surface area contributed by atoms with Crippen LogP contribution in [0.1, 0.15) is 101 Å². The number of rotatable bonds is 5. The molecule has 5 heteroatoms. The lowest BCUT2D eigenvalue weighted by molar-refractivity contribution is 0.651. The smallest absolute Gasteiger partial charge is 0.329 e. The Balaban J connectivity index is 1.31. The van der Waals surface area contributed by atoms with Gasteiger partial charge in [0.1, 0.15) is 5.58 Å². The fraction of sp³-hybridized carbons (Fsp3) is 0.240. The molecule has 268 valence electrons. The Kier molecular flexibility index (Phi) is 6.93. The lowest BCUT2D eigenvalue weighted by Crippen LogP contribution is -2.69. The third kappa shape index (κ3) is 4.41. The quantitative estimate of drug-likeness (QED) is 0.166. The van der Waals surface area contributed by atoms with Gasteiger partial charge in [0.2, 0.25) is 0 Å². The summed E-state index contributed by atoms with van der Waals surface area (Å²) in [6.07, 6.45) is 0. The molecule has 0 unspecified atom stereocenters. The van der Waals surface area contributed by atoms with Crippen molar-refractivity contribution >= 4 is 80.5 Å². The first-order chi connectivity index (χ1) is 26.6. The average Bonchev–Trinajstić information content (AvgIpc) is 3.57. The molecule has 0 saturated heterocycles. The first-order valence-electron chi connectivity index (χ1n) is 20.4. The molecule has 0 atom stereocenters. The average molecular weight is 713 g/mol. The number of fused-ring (bicyclic) bond motifs is 11. The molecule has 7 aromatic rings. The normalized spacial score (nSPS) is 14.3. The molecule has 0 amide bonds. The predicted octanol–water partition coefficient (Wildman–Crippen LogP) is 10.4. The van der Waals surface area contributed by atoms with Crippen molar-refractivity contribution in [1.82, 2.24) is 0 Å². The molecule has 1 aromatic heterocycles. The predicted molar refractivity (Wildman–Crippen MR) is 236 cm³/mol. The number of nitrogens with zero attached hydrogens (tertiary/aromatic N) is 2. The minimum Gasteiger partial charge on any atom is -0.468 e. The number of hydrogen-bond acceptors (Lipinski definition) is 3. The Morgan fingerprint density at radius 1 is 0.491 bits per heavy atom. The van der Waals surface area contributed by atoms with Gasteiger partial charge in [-0.05, 0) is 115 Å². The van der Waals surface area contributed by atoms with E-state index in [2.05, 4.69) is 174 Å². The maximum Gasteiger partial charge on any atom is 0.329 e. The van der Waals surface area contributed by atoms with Crippen molar-refractivity contribution in [3.05, 3.63) is 131 Å². The Bertz CT molecular complexity index is 2760. The molecule has 0 spiro atoms. The fourth-order valence-corrected chi connectivity index (χ4v) is 10.2.